The van der Waals surface area contributed by atoms with Crippen molar-refractivity contribution < 1.29 is 18.0 Å². The molecule has 1 N–H and O–H groups in total. The minimum Gasteiger partial charge on any atom is -0.302 e. The van der Waals surface area contributed by atoms with E-state index in [-0.39, 0.29) is 23.0 Å². The van der Waals surface area contributed by atoms with Gasteiger partial charge in [-0.25, -0.2) is 13.4 Å². The first kappa shape index (κ1) is 18.7. The molecule has 1 aliphatic carbocycles. The summed E-state index contributed by atoms with van der Waals surface area (Å²) in [5.41, 5.74) is 1.48. The molecule has 138 valence electrons. The number of sulfone groups is 1. The van der Waals surface area contributed by atoms with Crippen molar-refractivity contribution in [2.75, 3.05) is 5.32 Å². The van der Waals surface area contributed by atoms with Gasteiger partial charge in [-0.2, -0.15) is 0 Å². The number of anilines is 1. The van der Waals surface area contributed by atoms with Crippen LogP contribution >= 0.6 is 11.3 Å². The summed E-state index contributed by atoms with van der Waals surface area (Å²) in [5, 5.41) is 2.68. The third-order valence-electron chi connectivity index (χ3n) is 4.25. The average molecular weight is 393 g/mol. The van der Waals surface area contributed by atoms with Crippen LogP contribution in [0.15, 0.2) is 29.2 Å². The molecule has 1 aromatic heterocycles. The van der Waals surface area contributed by atoms with E-state index in [1.807, 2.05) is 0 Å². The predicted octanol–water partition coefficient (Wildman–Crippen LogP) is 3.03. The van der Waals surface area contributed by atoms with Crippen molar-refractivity contribution in [2.24, 2.45) is 0 Å². The van der Waals surface area contributed by atoms with E-state index >= 15 is 0 Å². The van der Waals surface area contributed by atoms with E-state index in [1.165, 1.54) is 23.5 Å². The van der Waals surface area contributed by atoms with Crippen LogP contribution in [0.5, 0.6) is 0 Å². The maximum atomic E-state index is 12.2. The summed E-state index contributed by atoms with van der Waals surface area (Å²) < 4.78 is 24.2. The molecule has 8 heteroatoms. The van der Waals surface area contributed by atoms with Gasteiger partial charge in [0.25, 0.3) is 0 Å². The van der Waals surface area contributed by atoms with E-state index in [0.29, 0.717) is 22.0 Å². The Morgan fingerprint density at radius 2 is 1.92 bits per heavy atom. The van der Waals surface area contributed by atoms with Gasteiger partial charge in [-0.3, -0.25) is 9.59 Å². The number of nitrogens with one attached hydrogen (secondary N) is 1. The molecule has 0 unspecified atom stereocenters. The van der Waals surface area contributed by atoms with Crippen LogP contribution in [-0.4, -0.2) is 30.3 Å². The molecular weight excluding hydrogens is 372 g/mol. The van der Waals surface area contributed by atoms with Crippen molar-refractivity contribution in [2.45, 2.75) is 49.7 Å². The van der Waals surface area contributed by atoms with E-state index in [1.54, 1.807) is 26.0 Å². The summed E-state index contributed by atoms with van der Waals surface area (Å²) in [6.07, 6.45) is 2.21. The SMILES string of the molecule is CC(C)S(=O)(=O)c1ccc(CC(=O)Nc2nc3c(s2)C(=O)CCC3)cc1. The Bertz CT molecular complexity index is 944. The second-order valence-corrected chi connectivity index (χ2v) is 10.0. The first-order valence-corrected chi connectivity index (χ1v) is 10.8. The van der Waals surface area contributed by atoms with Crippen LogP contribution in [0.4, 0.5) is 5.13 Å². The number of amides is 1. The zero-order chi connectivity index (χ0) is 18.9. The quantitative estimate of drug-likeness (QED) is 0.844. The molecule has 1 heterocycles. The molecule has 2 aromatic rings. The largest absolute Gasteiger partial charge is 0.302 e. The Kier molecular flexibility index (Phi) is 5.24. The summed E-state index contributed by atoms with van der Waals surface area (Å²) in [6.45, 7) is 3.27. The molecule has 1 aromatic carbocycles. The lowest BCUT2D eigenvalue weighted by atomic mass is 10.0. The first-order chi connectivity index (χ1) is 12.3. The lowest BCUT2D eigenvalue weighted by Crippen LogP contribution is -2.15. The van der Waals surface area contributed by atoms with Gasteiger partial charge in [-0.15, -0.1) is 0 Å². The lowest BCUT2D eigenvalue weighted by molar-refractivity contribution is -0.115. The summed E-state index contributed by atoms with van der Waals surface area (Å²) >= 11 is 1.22. The second kappa shape index (κ2) is 7.28. The fraction of sp³-hybridized carbons (Fsp3) is 0.389. The van der Waals surface area contributed by atoms with Crippen LogP contribution in [0.1, 0.15) is 47.6 Å². The highest BCUT2D eigenvalue weighted by Gasteiger charge is 2.23. The number of carbonyl (C=O) groups is 2. The van der Waals surface area contributed by atoms with Gasteiger partial charge in [0.05, 0.1) is 27.1 Å². The van der Waals surface area contributed by atoms with Crippen LogP contribution in [0.25, 0.3) is 0 Å². The van der Waals surface area contributed by atoms with Gasteiger partial charge in [0, 0.05) is 6.42 Å². The number of Topliss-reactive ketones (excluding diaryl/α,β-unsaturated/α-hetero) is 1. The van der Waals surface area contributed by atoms with Crippen LogP contribution in [0.3, 0.4) is 0 Å². The number of benzene rings is 1. The standard InChI is InChI=1S/C18H20N2O4S2/c1-11(2)26(23,24)13-8-6-12(7-9-13)10-16(22)20-18-19-14-4-3-5-15(21)17(14)25-18/h6-9,11H,3-5,10H2,1-2H3,(H,19,20,22). The number of ketones is 1. The number of hydrogen-bond donors (Lipinski definition) is 1. The highest BCUT2D eigenvalue weighted by Crippen LogP contribution is 2.29. The van der Waals surface area contributed by atoms with Gasteiger partial charge in [0.15, 0.2) is 20.8 Å². The van der Waals surface area contributed by atoms with Gasteiger partial charge in [-0.1, -0.05) is 23.5 Å². The van der Waals surface area contributed by atoms with E-state index < -0.39 is 15.1 Å². The van der Waals surface area contributed by atoms with Crippen LogP contribution in [0, 0.1) is 0 Å². The molecule has 1 amide bonds. The van der Waals surface area contributed by atoms with Gasteiger partial charge in [0.1, 0.15) is 0 Å². The Hall–Kier alpha value is -2.06. The number of hydrogen-bond acceptors (Lipinski definition) is 6. The normalized spacial score (nSPS) is 14.3. The second-order valence-electron chi connectivity index (χ2n) is 6.53. The topological polar surface area (TPSA) is 93.2 Å². The number of nitrogens with zero attached hydrogens (tertiary/aromatic N) is 1. The van der Waals surface area contributed by atoms with E-state index in [2.05, 4.69) is 10.3 Å². The summed E-state index contributed by atoms with van der Waals surface area (Å²) in [5.74, 6) is -0.158. The molecule has 26 heavy (non-hydrogen) atoms. The lowest BCUT2D eigenvalue weighted by Gasteiger charge is -2.08. The number of carbonyl (C=O) groups excluding carboxylic acids is 2. The Morgan fingerprint density at radius 1 is 1.23 bits per heavy atom. The molecule has 0 saturated carbocycles. The molecule has 6 nitrogen and oxygen atoms in total. The zero-order valence-electron chi connectivity index (χ0n) is 14.6. The monoisotopic (exact) mass is 392 g/mol. The van der Waals surface area contributed by atoms with Crippen molar-refractivity contribution in [1.82, 2.24) is 4.98 Å². The fourth-order valence-corrected chi connectivity index (χ4v) is 4.80. The molecule has 0 atom stereocenters. The third-order valence-corrected chi connectivity index (χ3v) is 7.48. The number of aromatic nitrogens is 1. The highest BCUT2D eigenvalue weighted by molar-refractivity contribution is 7.92. The van der Waals surface area contributed by atoms with E-state index in [4.69, 9.17) is 0 Å². The zero-order valence-corrected chi connectivity index (χ0v) is 16.2. The number of fused-ring (bicyclic) bond motifs is 1. The molecule has 1 aliphatic rings. The number of aryl methyl sites for hydroxylation is 1. The Morgan fingerprint density at radius 3 is 2.54 bits per heavy atom. The average Bonchev–Trinajstić information content (AvgIpc) is 2.99. The van der Waals surface area contributed by atoms with Crippen molar-refractivity contribution in [3.63, 3.8) is 0 Å². The van der Waals surface area contributed by atoms with Gasteiger partial charge < -0.3 is 5.32 Å². The fourth-order valence-electron chi connectivity index (χ4n) is 2.74. The minimum atomic E-state index is -3.32. The van der Waals surface area contributed by atoms with Crippen LogP contribution in [-0.2, 0) is 27.5 Å². The van der Waals surface area contributed by atoms with Crippen molar-refractivity contribution in [1.29, 1.82) is 0 Å². The van der Waals surface area contributed by atoms with Crippen LogP contribution in [0.2, 0.25) is 0 Å². The molecule has 0 radical (unpaired) electrons. The third kappa shape index (κ3) is 3.86. The molecule has 0 bridgehead atoms. The maximum Gasteiger partial charge on any atom is 0.230 e. The Labute approximate surface area is 156 Å². The van der Waals surface area contributed by atoms with Crippen molar-refractivity contribution >= 4 is 38.0 Å². The minimum absolute atomic E-state index is 0.0891. The summed E-state index contributed by atoms with van der Waals surface area (Å²) in [4.78, 5) is 29.3. The van der Waals surface area contributed by atoms with Crippen molar-refractivity contribution in [3.05, 3.63) is 40.4 Å². The molecular formula is C18H20N2O4S2. The molecule has 0 fully saturated rings. The van der Waals surface area contributed by atoms with Crippen molar-refractivity contribution in [3.8, 4) is 0 Å². The summed E-state index contributed by atoms with van der Waals surface area (Å²) in [7, 11) is -3.32. The molecule has 3 rings (SSSR count). The van der Waals surface area contributed by atoms with Gasteiger partial charge in [0.2, 0.25) is 5.91 Å². The Balaban J connectivity index is 1.66. The smallest absolute Gasteiger partial charge is 0.230 e. The molecule has 0 saturated heterocycles. The van der Waals surface area contributed by atoms with E-state index in [9.17, 15) is 18.0 Å². The highest BCUT2D eigenvalue weighted by atomic mass is 32.2. The molecule has 0 aliphatic heterocycles. The maximum absolute atomic E-state index is 12.2. The number of rotatable bonds is 5. The summed E-state index contributed by atoms with van der Waals surface area (Å²) in [6, 6.07) is 6.34. The van der Waals surface area contributed by atoms with Gasteiger partial charge >= 0.3 is 0 Å². The van der Waals surface area contributed by atoms with Crippen LogP contribution < -0.4 is 5.32 Å². The van der Waals surface area contributed by atoms with E-state index in [0.717, 1.165) is 18.5 Å². The number of thiazole rings is 1. The predicted molar refractivity (Wildman–Crippen MR) is 100 cm³/mol. The molecule has 0 spiro atoms. The first-order valence-electron chi connectivity index (χ1n) is 8.43. The van der Waals surface area contributed by atoms with Gasteiger partial charge in [-0.05, 0) is 44.4 Å².